The van der Waals surface area contributed by atoms with Crippen molar-refractivity contribution in [1.29, 1.82) is 0 Å². The molecule has 0 saturated carbocycles. The van der Waals surface area contributed by atoms with Crippen molar-refractivity contribution in [3.63, 3.8) is 0 Å². The van der Waals surface area contributed by atoms with Crippen molar-refractivity contribution in [2.75, 3.05) is 11.9 Å². The van der Waals surface area contributed by atoms with Gasteiger partial charge in [0.25, 0.3) is 0 Å². The highest BCUT2D eigenvalue weighted by Gasteiger charge is 2.09. The summed E-state index contributed by atoms with van der Waals surface area (Å²) in [6.45, 7) is 0.431. The number of benzene rings is 1. The lowest BCUT2D eigenvalue weighted by Crippen LogP contribution is -2.31. The number of anilines is 1. The molecule has 21 heavy (non-hydrogen) atoms. The molecule has 1 heterocycles. The number of carboxylic acids is 1. The lowest BCUT2D eigenvalue weighted by Gasteiger charge is -2.10. The van der Waals surface area contributed by atoms with Crippen LogP contribution in [0.5, 0.6) is 0 Å². The first-order valence-electron chi connectivity index (χ1n) is 6.48. The van der Waals surface area contributed by atoms with Gasteiger partial charge in [0, 0.05) is 31.0 Å². The number of carbonyl (C=O) groups is 2. The van der Waals surface area contributed by atoms with Gasteiger partial charge in [0.15, 0.2) is 0 Å². The molecule has 0 aliphatic rings. The Morgan fingerprint density at radius 2 is 2.10 bits per heavy atom. The van der Waals surface area contributed by atoms with E-state index < -0.39 is 5.97 Å². The van der Waals surface area contributed by atoms with E-state index >= 15 is 0 Å². The minimum atomic E-state index is -0.942. The van der Waals surface area contributed by atoms with Crippen LogP contribution in [0.25, 0.3) is 0 Å². The van der Waals surface area contributed by atoms with Crippen molar-refractivity contribution in [1.82, 2.24) is 15.3 Å². The molecule has 0 saturated heterocycles. The van der Waals surface area contributed by atoms with Crippen LogP contribution in [0, 0.1) is 0 Å². The van der Waals surface area contributed by atoms with Crippen molar-refractivity contribution in [3.05, 3.63) is 48.0 Å². The zero-order valence-corrected chi connectivity index (χ0v) is 11.3. The third-order valence-electron chi connectivity index (χ3n) is 2.81. The Labute approximate surface area is 121 Å². The van der Waals surface area contributed by atoms with E-state index in [0.29, 0.717) is 24.2 Å². The average Bonchev–Trinajstić information content (AvgIpc) is 2.93. The summed E-state index contributed by atoms with van der Waals surface area (Å²) in [6.07, 6.45) is 3.83. The smallest absolute Gasteiger partial charge is 0.319 e. The number of rotatable bonds is 6. The second-order valence-electron chi connectivity index (χ2n) is 4.39. The molecule has 0 aliphatic heterocycles. The van der Waals surface area contributed by atoms with Gasteiger partial charge in [0.05, 0.1) is 6.42 Å². The van der Waals surface area contributed by atoms with Crippen LogP contribution in [0.15, 0.2) is 36.7 Å². The molecule has 2 amide bonds. The van der Waals surface area contributed by atoms with E-state index in [4.69, 9.17) is 5.11 Å². The molecule has 2 rings (SSSR count). The van der Waals surface area contributed by atoms with Gasteiger partial charge in [0.2, 0.25) is 0 Å². The predicted molar refractivity (Wildman–Crippen MR) is 77.1 cm³/mol. The maximum atomic E-state index is 11.8. The predicted octanol–water partition coefficient (Wildman–Crippen LogP) is 1.40. The Kier molecular flexibility index (Phi) is 4.92. The standard InChI is InChI=1S/C14H16N4O3/c19-13(20)9-10-3-1-2-4-11(10)18-14(21)17-6-5-12-15-7-8-16-12/h1-4,7-8H,5-6,9H2,(H,15,16)(H,19,20)(H2,17,18,21). The number of hydrogen-bond donors (Lipinski definition) is 4. The molecule has 0 atom stereocenters. The molecule has 4 N–H and O–H groups in total. The maximum Gasteiger partial charge on any atom is 0.319 e. The largest absolute Gasteiger partial charge is 0.481 e. The minimum absolute atomic E-state index is 0.136. The number of carboxylic acid groups (broad SMARTS) is 1. The van der Waals surface area contributed by atoms with E-state index in [1.807, 2.05) is 0 Å². The van der Waals surface area contributed by atoms with Crippen molar-refractivity contribution < 1.29 is 14.7 Å². The van der Waals surface area contributed by atoms with Gasteiger partial charge < -0.3 is 20.7 Å². The van der Waals surface area contributed by atoms with Gasteiger partial charge in [-0.2, -0.15) is 0 Å². The maximum absolute atomic E-state index is 11.8. The molecule has 0 fully saturated rings. The molecular weight excluding hydrogens is 272 g/mol. The van der Waals surface area contributed by atoms with Crippen LogP contribution in [0.1, 0.15) is 11.4 Å². The summed E-state index contributed by atoms with van der Waals surface area (Å²) in [4.78, 5) is 29.5. The van der Waals surface area contributed by atoms with E-state index in [9.17, 15) is 9.59 Å². The lowest BCUT2D eigenvalue weighted by atomic mass is 10.1. The van der Waals surface area contributed by atoms with E-state index in [0.717, 1.165) is 5.82 Å². The average molecular weight is 288 g/mol. The first-order chi connectivity index (χ1) is 10.1. The number of nitrogens with zero attached hydrogens (tertiary/aromatic N) is 1. The monoisotopic (exact) mass is 288 g/mol. The highest BCUT2D eigenvalue weighted by Crippen LogP contribution is 2.15. The van der Waals surface area contributed by atoms with Crippen LogP contribution in [-0.2, 0) is 17.6 Å². The third-order valence-corrected chi connectivity index (χ3v) is 2.81. The zero-order chi connectivity index (χ0) is 15.1. The van der Waals surface area contributed by atoms with Crippen LogP contribution in [-0.4, -0.2) is 33.6 Å². The van der Waals surface area contributed by atoms with Crippen LogP contribution in [0.3, 0.4) is 0 Å². The van der Waals surface area contributed by atoms with Crippen molar-refractivity contribution in [3.8, 4) is 0 Å². The number of urea groups is 1. The molecule has 7 heteroatoms. The molecule has 2 aromatic rings. The second kappa shape index (κ2) is 7.09. The molecular formula is C14H16N4O3. The van der Waals surface area contributed by atoms with Gasteiger partial charge in [0.1, 0.15) is 5.82 Å². The number of imidazole rings is 1. The van der Waals surface area contributed by atoms with Crippen LogP contribution in [0.2, 0.25) is 0 Å². The third kappa shape index (κ3) is 4.64. The van der Waals surface area contributed by atoms with Crippen LogP contribution < -0.4 is 10.6 Å². The van der Waals surface area contributed by atoms with E-state index in [2.05, 4.69) is 20.6 Å². The van der Waals surface area contributed by atoms with E-state index in [1.165, 1.54) is 0 Å². The summed E-state index contributed by atoms with van der Waals surface area (Å²) in [6, 6.07) is 6.44. The highest BCUT2D eigenvalue weighted by atomic mass is 16.4. The number of carbonyl (C=O) groups excluding carboxylic acids is 1. The first kappa shape index (κ1) is 14.6. The number of hydrogen-bond acceptors (Lipinski definition) is 3. The van der Waals surface area contributed by atoms with Crippen molar-refractivity contribution >= 4 is 17.7 Å². The topological polar surface area (TPSA) is 107 Å². The Morgan fingerprint density at radius 3 is 2.81 bits per heavy atom. The Bertz CT molecular complexity index is 610. The number of nitrogens with one attached hydrogen (secondary N) is 3. The lowest BCUT2D eigenvalue weighted by molar-refractivity contribution is -0.136. The SMILES string of the molecule is O=C(O)Cc1ccccc1NC(=O)NCCc1ncc[nH]1. The number of aromatic amines is 1. The highest BCUT2D eigenvalue weighted by molar-refractivity contribution is 5.90. The zero-order valence-electron chi connectivity index (χ0n) is 11.3. The molecule has 0 aliphatic carbocycles. The van der Waals surface area contributed by atoms with Crippen LogP contribution in [0.4, 0.5) is 10.5 Å². The molecule has 0 bridgehead atoms. The summed E-state index contributed by atoms with van der Waals surface area (Å²) < 4.78 is 0. The summed E-state index contributed by atoms with van der Waals surface area (Å²) in [5.74, 6) is -0.149. The Hall–Kier alpha value is -2.83. The van der Waals surface area contributed by atoms with Crippen molar-refractivity contribution in [2.24, 2.45) is 0 Å². The summed E-state index contributed by atoms with van der Waals surface area (Å²) in [5, 5.41) is 14.2. The summed E-state index contributed by atoms with van der Waals surface area (Å²) in [7, 11) is 0. The normalized spacial score (nSPS) is 10.1. The van der Waals surface area contributed by atoms with Gasteiger partial charge in [-0.3, -0.25) is 4.79 Å². The van der Waals surface area contributed by atoms with Gasteiger partial charge >= 0.3 is 12.0 Å². The van der Waals surface area contributed by atoms with Gasteiger partial charge in [-0.1, -0.05) is 18.2 Å². The van der Waals surface area contributed by atoms with E-state index in [-0.39, 0.29) is 12.5 Å². The second-order valence-corrected chi connectivity index (χ2v) is 4.39. The molecule has 0 radical (unpaired) electrons. The number of aliphatic carboxylic acids is 1. The Morgan fingerprint density at radius 1 is 1.29 bits per heavy atom. The molecule has 1 aromatic carbocycles. The van der Waals surface area contributed by atoms with E-state index in [1.54, 1.807) is 36.7 Å². The number of para-hydroxylation sites is 1. The van der Waals surface area contributed by atoms with Gasteiger partial charge in [-0.05, 0) is 11.6 Å². The molecule has 7 nitrogen and oxygen atoms in total. The fraction of sp³-hybridized carbons (Fsp3) is 0.214. The quantitative estimate of drug-likeness (QED) is 0.644. The van der Waals surface area contributed by atoms with Gasteiger partial charge in [-0.25, -0.2) is 9.78 Å². The van der Waals surface area contributed by atoms with Crippen molar-refractivity contribution in [2.45, 2.75) is 12.8 Å². The fourth-order valence-electron chi connectivity index (χ4n) is 1.85. The Balaban J connectivity index is 1.86. The summed E-state index contributed by atoms with van der Waals surface area (Å²) >= 11 is 0. The molecule has 0 spiro atoms. The minimum Gasteiger partial charge on any atom is -0.481 e. The molecule has 1 aromatic heterocycles. The number of H-pyrrole nitrogens is 1. The number of amides is 2. The molecule has 110 valence electrons. The summed E-state index contributed by atoms with van der Waals surface area (Å²) in [5.41, 5.74) is 1.06. The van der Waals surface area contributed by atoms with Crippen LogP contribution >= 0.6 is 0 Å². The van der Waals surface area contributed by atoms with Gasteiger partial charge in [-0.15, -0.1) is 0 Å². The molecule has 0 unspecified atom stereocenters. The first-order valence-corrected chi connectivity index (χ1v) is 6.48. The fourth-order valence-corrected chi connectivity index (χ4v) is 1.85. The number of aromatic nitrogens is 2.